The van der Waals surface area contributed by atoms with Gasteiger partial charge in [0.1, 0.15) is 5.67 Å². The summed E-state index contributed by atoms with van der Waals surface area (Å²) in [5.74, 6) is 0.989. The van der Waals surface area contributed by atoms with Crippen LogP contribution in [0.4, 0.5) is 31.9 Å². The number of para-hydroxylation sites is 2. The number of hydrogen-bond donors (Lipinski definition) is 3. The second-order valence-corrected chi connectivity index (χ2v) is 13.4. The first kappa shape index (κ1) is 25.4. The van der Waals surface area contributed by atoms with Crippen LogP contribution in [0, 0.1) is 17.8 Å². The highest BCUT2D eigenvalue weighted by Gasteiger charge is 2.56. The Kier molecular flexibility index (Phi) is 6.50. The lowest BCUT2D eigenvalue weighted by Gasteiger charge is -2.57. The number of benzene rings is 2. The third-order valence-corrected chi connectivity index (χ3v) is 9.47. The summed E-state index contributed by atoms with van der Waals surface area (Å²) in [6, 6.07) is 16.0. The number of carbonyl (C=O) groups excluding carboxylic acids is 1. The molecule has 4 fully saturated rings. The molecule has 0 radical (unpaired) electrons. The van der Waals surface area contributed by atoms with Gasteiger partial charge in [-0.1, -0.05) is 12.1 Å². The van der Waals surface area contributed by atoms with Crippen LogP contribution in [0.5, 0.6) is 0 Å². The molecule has 2 aromatic carbocycles. The number of nitrogens with zero attached hydrogens (tertiary/aromatic N) is 2. The summed E-state index contributed by atoms with van der Waals surface area (Å²) in [6.45, 7) is 2.01. The summed E-state index contributed by atoms with van der Waals surface area (Å²) in [6.07, 6.45) is 5.12. The number of fused-ring (bicyclic) bond motifs is 1. The smallest absolute Gasteiger partial charge is 0.322 e. The molecule has 1 aliphatic heterocycles. The standard InChI is InChI=1S/C28H36FN5O3S/c1-38(36,37)31-11-10-30-22-6-8-23(9-7-22)33-12-13-34(25-5-3-2-4-24(25)33)27(35)32-26-20-14-19-15-21(26)18-28(29,16-19)17-20/h2-9,19-21,26,30-31H,10-18H2,1H3,(H,32,35). The van der Waals surface area contributed by atoms with E-state index >= 15 is 4.39 Å². The molecule has 2 amide bonds. The van der Waals surface area contributed by atoms with E-state index in [2.05, 4.69) is 20.3 Å². The predicted octanol–water partition coefficient (Wildman–Crippen LogP) is 4.23. The average Bonchev–Trinajstić information content (AvgIpc) is 2.87. The highest BCUT2D eigenvalue weighted by atomic mass is 32.2. The summed E-state index contributed by atoms with van der Waals surface area (Å²) in [4.78, 5) is 17.6. The van der Waals surface area contributed by atoms with Gasteiger partial charge in [0.15, 0.2) is 0 Å². The lowest BCUT2D eigenvalue weighted by Crippen LogP contribution is -2.62. The van der Waals surface area contributed by atoms with Gasteiger partial charge in [0, 0.05) is 43.6 Å². The second kappa shape index (κ2) is 9.72. The number of hydrogen-bond acceptors (Lipinski definition) is 5. The number of nitrogens with one attached hydrogen (secondary N) is 3. The molecule has 4 saturated carbocycles. The normalized spacial score (nSPS) is 29.7. The molecular weight excluding hydrogens is 505 g/mol. The van der Waals surface area contributed by atoms with Crippen LogP contribution in [-0.2, 0) is 10.0 Å². The molecule has 2 aromatic rings. The molecule has 0 spiro atoms. The zero-order valence-electron chi connectivity index (χ0n) is 21.7. The van der Waals surface area contributed by atoms with Crippen molar-refractivity contribution in [3.05, 3.63) is 48.5 Å². The van der Waals surface area contributed by atoms with E-state index < -0.39 is 15.7 Å². The van der Waals surface area contributed by atoms with Gasteiger partial charge in [0.2, 0.25) is 10.0 Å². The zero-order chi connectivity index (χ0) is 26.5. The summed E-state index contributed by atoms with van der Waals surface area (Å²) in [5, 5.41) is 6.56. The molecule has 4 bridgehead atoms. The Balaban J connectivity index is 1.13. The third-order valence-electron chi connectivity index (χ3n) is 8.74. The Bertz CT molecular complexity index is 1290. The number of alkyl halides is 1. The van der Waals surface area contributed by atoms with Crippen LogP contribution in [0.15, 0.2) is 48.5 Å². The van der Waals surface area contributed by atoms with Gasteiger partial charge < -0.3 is 15.5 Å². The maximum atomic E-state index is 15.1. The van der Waals surface area contributed by atoms with Crippen LogP contribution < -0.4 is 25.2 Å². The quantitative estimate of drug-likeness (QED) is 0.456. The van der Waals surface area contributed by atoms with Gasteiger partial charge in [-0.3, -0.25) is 4.90 Å². The summed E-state index contributed by atoms with van der Waals surface area (Å²) in [7, 11) is -3.20. The molecule has 38 heavy (non-hydrogen) atoms. The fourth-order valence-corrected chi connectivity index (χ4v) is 7.90. The van der Waals surface area contributed by atoms with Gasteiger partial charge in [0.25, 0.3) is 0 Å². The minimum absolute atomic E-state index is 0.0702. The fourth-order valence-electron chi connectivity index (χ4n) is 7.42. The van der Waals surface area contributed by atoms with Gasteiger partial charge in [-0.2, -0.15) is 0 Å². The maximum absolute atomic E-state index is 15.1. The molecule has 10 heteroatoms. The van der Waals surface area contributed by atoms with Crippen molar-refractivity contribution in [3.63, 3.8) is 0 Å². The lowest BCUT2D eigenvalue weighted by atomic mass is 9.53. The van der Waals surface area contributed by atoms with Crippen molar-refractivity contribution < 1.29 is 17.6 Å². The first-order chi connectivity index (χ1) is 18.2. The fraction of sp³-hybridized carbons (Fsp3) is 0.536. The predicted molar refractivity (Wildman–Crippen MR) is 148 cm³/mol. The number of amides is 2. The van der Waals surface area contributed by atoms with E-state index in [1.807, 2.05) is 53.4 Å². The molecule has 0 saturated heterocycles. The Morgan fingerprint density at radius 3 is 2.32 bits per heavy atom. The van der Waals surface area contributed by atoms with Gasteiger partial charge >= 0.3 is 6.03 Å². The van der Waals surface area contributed by atoms with Crippen molar-refractivity contribution in [1.82, 2.24) is 10.0 Å². The van der Waals surface area contributed by atoms with Crippen LogP contribution >= 0.6 is 0 Å². The van der Waals surface area contributed by atoms with Crippen molar-refractivity contribution in [1.29, 1.82) is 0 Å². The number of carbonyl (C=O) groups is 1. The van der Waals surface area contributed by atoms with Gasteiger partial charge in [-0.15, -0.1) is 0 Å². The van der Waals surface area contributed by atoms with Gasteiger partial charge in [0.05, 0.1) is 17.6 Å². The number of rotatable bonds is 7. The van der Waals surface area contributed by atoms with E-state index in [9.17, 15) is 13.2 Å². The highest BCUT2D eigenvalue weighted by Crippen LogP contribution is 2.57. The minimum Gasteiger partial charge on any atom is -0.384 e. The Morgan fingerprint density at radius 2 is 1.66 bits per heavy atom. The minimum atomic E-state index is -3.20. The zero-order valence-corrected chi connectivity index (χ0v) is 22.5. The van der Waals surface area contributed by atoms with Crippen LogP contribution in [0.25, 0.3) is 0 Å². The topological polar surface area (TPSA) is 93.8 Å². The summed E-state index contributed by atoms with van der Waals surface area (Å²) >= 11 is 0. The van der Waals surface area contributed by atoms with E-state index in [1.165, 1.54) is 0 Å². The lowest BCUT2D eigenvalue weighted by molar-refractivity contribution is -0.0899. The molecule has 2 atom stereocenters. The van der Waals surface area contributed by atoms with Crippen LogP contribution in [0.3, 0.4) is 0 Å². The molecule has 8 nitrogen and oxygen atoms in total. The molecule has 5 aliphatic rings. The Morgan fingerprint density at radius 1 is 0.974 bits per heavy atom. The average molecular weight is 542 g/mol. The van der Waals surface area contributed by atoms with Crippen molar-refractivity contribution in [3.8, 4) is 0 Å². The number of sulfonamides is 1. The van der Waals surface area contributed by atoms with E-state index in [-0.39, 0.29) is 23.9 Å². The van der Waals surface area contributed by atoms with E-state index in [1.54, 1.807) is 0 Å². The van der Waals surface area contributed by atoms with Gasteiger partial charge in [-0.05, 0) is 86.3 Å². The molecule has 7 rings (SSSR count). The van der Waals surface area contributed by atoms with E-state index in [0.29, 0.717) is 51.4 Å². The van der Waals surface area contributed by atoms with Crippen molar-refractivity contribution in [2.24, 2.45) is 17.8 Å². The van der Waals surface area contributed by atoms with Crippen LogP contribution in [-0.4, -0.2) is 58.6 Å². The van der Waals surface area contributed by atoms with Gasteiger partial charge in [-0.25, -0.2) is 22.3 Å². The Labute approximate surface area is 224 Å². The Hall–Kier alpha value is -2.85. The number of halogens is 1. The van der Waals surface area contributed by atoms with Crippen molar-refractivity contribution >= 4 is 38.8 Å². The van der Waals surface area contributed by atoms with Crippen molar-refractivity contribution in [2.75, 3.05) is 47.6 Å². The molecule has 4 aliphatic carbocycles. The highest BCUT2D eigenvalue weighted by molar-refractivity contribution is 7.88. The number of anilines is 4. The SMILES string of the molecule is CS(=O)(=O)NCCNc1ccc(N2CCN(C(=O)NC3C4CC5CC3CC(F)(C5)C4)c3ccccc32)cc1. The molecule has 0 aromatic heterocycles. The first-order valence-electron chi connectivity index (χ1n) is 13.6. The monoisotopic (exact) mass is 541 g/mol. The molecular formula is C28H36FN5O3S. The molecule has 2 unspecified atom stereocenters. The number of urea groups is 1. The van der Waals surface area contributed by atoms with Crippen LogP contribution in [0.2, 0.25) is 0 Å². The first-order valence-corrected chi connectivity index (χ1v) is 15.5. The summed E-state index contributed by atoms with van der Waals surface area (Å²) in [5.41, 5.74) is 2.76. The van der Waals surface area contributed by atoms with Crippen molar-refractivity contribution in [2.45, 2.75) is 43.8 Å². The van der Waals surface area contributed by atoms with Crippen LogP contribution in [0.1, 0.15) is 32.1 Å². The summed E-state index contributed by atoms with van der Waals surface area (Å²) < 4.78 is 40.0. The third kappa shape index (κ3) is 5.08. The second-order valence-electron chi connectivity index (χ2n) is 11.5. The molecule has 3 N–H and O–H groups in total. The molecule has 1 heterocycles. The van der Waals surface area contributed by atoms with E-state index in [0.717, 1.165) is 41.8 Å². The largest absolute Gasteiger partial charge is 0.384 e. The maximum Gasteiger partial charge on any atom is 0.322 e. The van der Waals surface area contributed by atoms with E-state index in [4.69, 9.17) is 0 Å². The molecule has 204 valence electrons.